The molecule has 1 aliphatic rings. The summed E-state index contributed by atoms with van der Waals surface area (Å²) in [6.45, 7) is 4.40. The van der Waals surface area contributed by atoms with Crippen molar-refractivity contribution >= 4 is 5.91 Å². The van der Waals surface area contributed by atoms with Gasteiger partial charge in [-0.05, 0) is 38.2 Å². The number of rotatable bonds is 6. The fourth-order valence-electron chi connectivity index (χ4n) is 2.41. The van der Waals surface area contributed by atoms with E-state index in [0.29, 0.717) is 18.5 Å². The van der Waals surface area contributed by atoms with Crippen LogP contribution in [0.5, 0.6) is 5.95 Å². The highest BCUT2D eigenvalue weighted by Crippen LogP contribution is 2.31. The Hall–Kier alpha value is -1.49. The van der Waals surface area contributed by atoms with Crippen molar-refractivity contribution in [3.63, 3.8) is 0 Å². The minimum Gasteiger partial charge on any atom is -0.465 e. The summed E-state index contributed by atoms with van der Waals surface area (Å²) in [6, 6.07) is 3.35. The Balaban J connectivity index is 1.91. The summed E-state index contributed by atoms with van der Waals surface area (Å²) in [4.78, 5) is 12.0. The van der Waals surface area contributed by atoms with Crippen molar-refractivity contribution in [1.82, 2.24) is 5.32 Å². The van der Waals surface area contributed by atoms with Crippen molar-refractivity contribution in [2.24, 2.45) is 5.92 Å². The third-order valence-electron chi connectivity index (χ3n) is 3.57. The van der Waals surface area contributed by atoms with Crippen LogP contribution in [0.15, 0.2) is 16.5 Å². The van der Waals surface area contributed by atoms with Crippen molar-refractivity contribution in [2.75, 3.05) is 6.61 Å². The summed E-state index contributed by atoms with van der Waals surface area (Å²) in [5.41, 5.74) is 0. The van der Waals surface area contributed by atoms with Gasteiger partial charge in [0.25, 0.3) is 11.9 Å². The predicted octanol–water partition coefficient (Wildman–Crippen LogP) is 1.96. The van der Waals surface area contributed by atoms with E-state index < -0.39 is 0 Å². The molecule has 1 aromatic heterocycles. The molecule has 1 aliphatic carbocycles. The number of aliphatic hydroxyl groups excluding tert-OH is 1. The Morgan fingerprint density at radius 2 is 2.26 bits per heavy atom. The van der Waals surface area contributed by atoms with Crippen LogP contribution in [-0.4, -0.2) is 29.8 Å². The van der Waals surface area contributed by atoms with Crippen LogP contribution in [-0.2, 0) is 0 Å². The Labute approximate surface area is 112 Å². The van der Waals surface area contributed by atoms with E-state index in [-0.39, 0.29) is 23.8 Å². The number of amides is 1. The number of ether oxygens (including phenoxy) is 1. The van der Waals surface area contributed by atoms with Gasteiger partial charge in [0.05, 0.1) is 12.7 Å². The first-order chi connectivity index (χ1) is 9.13. The molecule has 5 nitrogen and oxygen atoms in total. The standard InChI is InChI=1S/C14H21NO4/c1-3-11(9-7-10(16)8-9)15-14(17)12-5-6-13(19-12)18-4-2/h5-6,9-11,16H,3-4,7-8H2,1-2H3,(H,15,17). The lowest BCUT2D eigenvalue weighted by atomic mass is 9.76. The molecule has 0 bridgehead atoms. The maximum Gasteiger partial charge on any atom is 0.287 e. The van der Waals surface area contributed by atoms with E-state index in [4.69, 9.17) is 9.15 Å². The molecule has 0 radical (unpaired) electrons. The number of carbonyl (C=O) groups is 1. The van der Waals surface area contributed by atoms with Crippen LogP contribution in [0.3, 0.4) is 0 Å². The Kier molecular flexibility index (Phi) is 4.47. The molecular formula is C14H21NO4. The minimum absolute atomic E-state index is 0.0940. The topological polar surface area (TPSA) is 71.7 Å². The summed E-state index contributed by atoms with van der Waals surface area (Å²) in [6.07, 6.45) is 2.17. The van der Waals surface area contributed by atoms with Gasteiger partial charge in [-0.25, -0.2) is 0 Å². The molecule has 1 atom stereocenters. The third kappa shape index (κ3) is 3.29. The summed E-state index contributed by atoms with van der Waals surface area (Å²) < 4.78 is 10.5. The molecule has 106 valence electrons. The number of aliphatic hydroxyl groups is 1. The SMILES string of the molecule is CCOc1ccc(C(=O)NC(CC)C2CC(O)C2)o1. The molecule has 0 saturated heterocycles. The normalized spacial score (nSPS) is 23.5. The number of nitrogens with one attached hydrogen (secondary N) is 1. The summed E-state index contributed by atoms with van der Waals surface area (Å²) in [5, 5.41) is 12.3. The van der Waals surface area contributed by atoms with Crippen LogP contribution in [0, 0.1) is 5.92 Å². The van der Waals surface area contributed by atoms with Crippen LogP contribution in [0.1, 0.15) is 43.7 Å². The molecule has 5 heteroatoms. The molecule has 0 aromatic carbocycles. The monoisotopic (exact) mass is 267 g/mol. The van der Waals surface area contributed by atoms with Crippen molar-refractivity contribution in [2.45, 2.75) is 45.3 Å². The number of furan rings is 1. The second-order valence-electron chi connectivity index (χ2n) is 4.93. The second-order valence-corrected chi connectivity index (χ2v) is 4.93. The van der Waals surface area contributed by atoms with Crippen LogP contribution < -0.4 is 10.1 Å². The predicted molar refractivity (Wildman–Crippen MR) is 70.2 cm³/mol. The summed E-state index contributed by atoms with van der Waals surface area (Å²) in [5.74, 6) is 0.769. The highest BCUT2D eigenvalue weighted by molar-refractivity contribution is 5.91. The molecule has 1 aromatic rings. The van der Waals surface area contributed by atoms with Crippen LogP contribution >= 0.6 is 0 Å². The Morgan fingerprint density at radius 1 is 1.53 bits per heavy atom. The molecule has 1 saturated carbocycles. The smallest absolute Gasteiger partial charge is 0.287 e. The van der Waals surface area contributed by atoms with E-state index in [9.17, 15) is 9.90 Å². The first kappa shape index (κ1) is 13.9. The van der Waals surface area contributed by atoms with E-state index in [1.165, 1.54) is 0 Å². The quantitative estimate of drug-likeness (QED) is 0.826. The lowest BCUT2D eigenvalue weighted by Crippen LogP contribution is -2.46. The van der Waals surface area contributed by atoms with E-state index >= 15 is 0 Å². The lowest BCUT2D eigenvalue weighted by molar-refractivity contribution is 0.0229. The molecule has 0 spiro atoms. The fourth-order valence-corrected chi connectivity index (χ4v) is 2.41. The van der Waals surface area contributed by atoms with Gasteiger partial charge in [0.15, 0.2) is 5.76 Å². The van der Waals surface area contributed by atoms with Crippen LogP contribution in [0.4, 0.5) is 0 Å². The lowest BCUT2D eigenvalue weighted by Gasteiger charge is -2.37. The molecule has 1 amide bonds. The maximum absolute atomic E-state index is 12.0. The highest BCUT2D eigenvalue weighted by Gasteiger charge is 2.34. The van der Waals surface area contributed by atoms with Gasteiger partial charge in [-0.2, -0.15) is 0 Å². The van der Waals surface area contributed by atoms with Gasteiger partial charge in [-0.15, -0.1) is 0 Å². The van der Waals surface area contributed by atoms with Crippen LogP contribution in [0.2, 0.25) is 0 Å². The van der Waals surface area contributed by atoms with Crippen molar-refractivity contribution in [3.05, 3.63) is 17.9 Å². The van der Waals surface area contributed by atoms with E-state index in [0.717, 1.165) is 19.3 Å². The minimum atomic E-state index is -0.223. The van der Waals surface area contributed by atoms with Crippen molar-refractivity contribution in [3.8, 4) is 5.95 Å². The number of hydrogen-bond donors (Lipinski definition) is 2. The number of carbonyl (C=O) groups excluding carboxylic acids is 1. The highest BCUT2D eigenvalue weighted by atomic mass is 16.6. The van der Waals surface area contributed by atoms with Crippen molar-refractivity contribution < 1.29 is 19.1 Å². The van der Waals surface area contributed by atoms with Gasteiger partial charge in [-0.1, -0.05) is 6.92 Å². The Morgan fingerprint density at radius 3 is 2.84 bits per heavy atom. The van der Waals surface area contributed by atoms with Gasteiger partial charge in [0.1, 0.15) is 0 Å². The second kappa shape index (κ2) is 6.10. The number of hydrogen-bond acceptors (Lipinski definition) is 4. The van der Waals surface area contributed by atoms with Gasteiger partial charge in [0, 0.05) is 12.1 Å². The summed E-state index contributed by atoms with van der Waals surface area (Å²) in [7, 11) is 0. The molecule has 1 fully saturated rings. The molecular weight excluding hydrogens is 246 g/mol. The molecule has 1 heterocycles. The average Bonchev–Trinajstić information content (AvgIpc) is 2.81. The zero-order valence-corrected chi connectivity index (χ0v) is 11.4. The zero-order chi connectivity index (χ0) is 13.8. The Bertz CT molecular complexity index is 423. The third-order valence-corrected chi connectivity index (χ3v) is 3.57. The first-order valence-electron chi connectivity index (χ1n) is 6.85. The largest absolute Gasteiger partial charge is 0.465 e. The van der Waals surface area contributed by atoms with Gasteiger partial charge in [-0.3, -0.25) is 4.79 Å². The van der Waals surface area contributed by atoms with Crippen LogP contribution in [0.25, 0.3) is 0 Å². The van der Waals surface area contributed by atoms with Crippen molar-refractivity contribution in [1.29, 1.82) is 0 Å². The summed E-state index contributed by atoms with van der Waals surface area (Å²) >= 11 is 0. The molecule has 19 heavy (non-hydrogen) atoms. The van der Waals surface area contributed by atoms with E-state index in [2.05, 4.69) is 5.32 Å². The fraction of sp³-hybridized carbons (Fsp3) is 0.643. The van der Waals surface area contributed by atoms with Gasteiger partial charge < -0.3 is 19.6 Å². The molecule has 0 aliphatic heterocycles. The molecule has 2 N–H and O–H groups in total. The average molecular weight is 267 g/mol. The zero-order valence-electron chi connectivity index (χ0n) is 11.4. The molecule has 2 rings (SSSR count). The molecule has 1 unspecified atom stereocenters. The first-order valence-corrected chi connectivity index (χ1v) is 6.85. The maximum atomic E-state index is 12.0. The van der Waals surface area contributed by atoms with Gasteiger partial charge >= 0.3 is 0 Å². The van der Waals surface area contributed by atoms with E-state index in [1.807, 2.05) is 13.8 Å². The van der Waals surface area contributed by atoms with Gasteiger partial charge in [0.2, 0.25) is 0 Å². The van der Waals surface area contributed by atoms with E-state index in [1.54, 1.807) is 12.1 Å².